The topological polar surface area (TPSA) is 64.6 Å². The SMILES string of the molecule is CCC(C)(C)NS(=O)(=O)c1cc(OC)ccc1OC. The van der Waals surface area contributed by atoms with Gasteiger partial charge in [0.25, 0.3) is 0 Å². The van der Waals surface area contributed by atoms with Crippen molar-refractivity contribution in [3.63, 3.8) is 0 Å². The van der Waals surface area contributed by atoms with Crippen LogP contribution in [-0.2, 0) is 10.0 Å². The molecular weight excluding hydrogens is 266 g/mol. The summed E-state index contributed by atoms with van der Waals surface area (Å²) in [5, 5.41) is 0. The molecule has 0 saturated heterocycles. The number of benzene rings is 1. The van der Waals surface area contributed by atoms with Crippen LogP contribution in [0.25, 0.3) is 0 Å². The van der Waals surface area contributed by atoms with Crippen LogP contribution < -0.4 is 14.2 Å². The Balaban J connectivity index is 3.27. The van der Waals surface area contributed by atoms with Gasteiger partial charge in [-0.05, 0) is 32.4 Å². The zero-order valence-corrected chi connectivity index (χ0v) is 12.8. The second kappa shape index (κ2) is 5.79. The summed E-state index contributed by atoms with van der Waals surface area (Å²) in [7, 11) is -0.736. The quantitative estimate of drug-likeness (QED) is 0.871. The van der Waals surface area contributed by atoms with Crippen molar-refractivity contribution in [3.05, 3.63) is 18.2 Å². The molecule has 0 aliphatic heterocycles. The van der Waals surface area contributed by atoms with E-state index < -0.39 is 15.6 Å². The maximum atomic E-state index is 12.4. The smallest absolute Gasteiger partial charge is 0.244 e. The molecule has 0 radical (unpaired) electrons. The Morgan fingerprint density at radius 1 is 1.21 bits per heavy atom. The fourth-order valence-corrected chi connectivity index (χ4v) is 3.15. The lowest BCUT2D eigenvalue weighted by Crippen LogP contribution is -2.42. The van der Waals surface area contributed by atoms with E-state index in [4.69, 9.17) is 9.47 Å². The molecule has 0 fully saturated rings. The van der Waals surface area contributed by atoms with Crippen LogP contribution in [0.3, 0.4) is 0 Å². The number of ether oxygens (including phenoxy) is 2. The Morgan fingerprint density at radius 2 is 1.84 bits per heavy atom. The van der Waals surface area contributed by atoms with Crippen molar-refractivity contribution < 1.29 is 17.9 Å². The van der Waals surface area contributed by atoms with Crippen molar-refractivity contribution in [1.82, 2.24) is 4.72 Å². The lowest BCUT2D eigenvalue weighted by molar-refractivity contribution is 0.389. The summed E-state index contributed by atoms with van der Waals surface area (Å²) in [4.78, 5) is 0.0795. The Hall–Kier alpha value is -1.27. The molecule has 0 atom stereocenters. The minimum atomic E-state index is -3.66. The van der Waals surface area contributed by atoms with E-state index in [1.165, 1.54) is 20.3 Å². The predicted molar refractivity (Wildman–Crippen MR) is 74.2 cm³/mol. The third-order valence-electron chi connectivity index (χ3n) is 2.95. The first-order valence-electron chi connectivity index (χ1n) is 6.02. The molecule has 0 unspecified atom stereocenters. The summed E-state index contributed by atoms with van der Waals surface area (Å²) in [6, 6.07) is 4.68. The molecule has 1 N–H and O–H groups in total. The zero-order valence-electron chi connectivity index (χ0n) is 12.0. The maximum absolute atomic E-state index is 12.4. The third-order valence-corrected chi connectivity index (χ3v) is 4.67. The second-order valence-electron chi connectivity index (χ2n) is 4.86. The van der Waals surface area contributed by atoms with E-state index in [1.807, 2.05) is 20.8 Å². The molecule has 19 heavy (non-hydrogen) atoms. The van der Waals surface area contributed by atoms with E-state index in [9.17, 15) is 8.42 Å². The summed E-state index contributed by atoms with van der Waals surface area (Å²) < 4.78 is 37.6. The standard InChI is InChI=1S/C13H21NO4S/c1-6-13(2,3)14-19(15,16)12-9-10(17-4)7-8-11(12)18-5/h7-9,14H,6H2,1-5H3. The third kappa shape index (κ3) is 3.84. The highest BCUT2D eigenvalue weighted by atomic mass is 32.2. The summed E-state index contributed by atoms with van der Waals surface area (Å²) in [5.41, 5.74) is -0.521. The largest absolute Gasteiger partial charge is 0.497 e. The van der Waals surface area contributed by atoms with E-state index >= 15 is 0 Å². The molecular formula is C13H21NO4S. The normalized spacial score (nSPS) is 12.3. The van der Waals surface area contributed by atoms with Gasteiger partial charge in [0.05, 0.1) is 14.2 Å². The van der Waals surface area contributed by atoms with E-state index in [-0.39, 0.29) is 4.90 Å². The number of methoxy groups -OCH3 is 2. The van der Waals surface area contributed by atoms with Crippen LogP contribution in [0, 0.1) is 0 Å². The van der Waals surface area contributed by atoms with Gasteiger partial charge in [0, 0.05) is 11.6 Å². The van der Waals surface area contributed by atoms with E-state index in [0.717, 1.165) is 0 Å². The van der Waals surface area contributed by atoms with Crippen LogP contribution in [-0.4, -0.2) is 28.2 Å². The number of nitrogens with one attached hydrogen (secondary N) is 1. The highest BCUT2D eigenvalue weighted by Crippen LogP contribution is 2.29. The van der Waals surface area contributed by atoms with Gasteiger partial charge in [-0.2, -0.15) is 0 Å². The van der Waals surface area contributed by atoms with Crippen molar-refractivity contribution in [2.75, 3.05) is 14.2 Å². The molecule has 0 aliphatic carbocycles. The van der Waals surface area contributed by atoms with Gasteiger partial charge in [-0.15, -0.1) is 0 Å². The number of hydrogen-bond donors (Lipinski definition) is 1. The zero-order chi connectivity index (χ0) is 14.7. The molecule has 0 aromatic heterocycles. The molecule has 0 amide bonds. The molecule has 0 heterocycles. The molecule has 0 spiro atoms. The summed E-state index contributed by atoms with van der Waals surface area (Å²) in [6.07, 6.45) is 0.679. The minimum absolute atomic E-state index is 0.0795. The van der Waals surface area contributed by atoms with Gasteiger partial charge in [0.1, 0.15) is 16.4 Å². The first-order valence-corrected chi connectivity index (χ1v) is 7.50. The minimum Gasteiger partial charge on any atom is -0.497 e. The lowest BCUT2D eigenvalue weighted by Gasteiger charge is -2.24. The van der Waals surface area contributed by atoms with Gasteiger partial charge in [0.2, 0.25) is 10.0 Å². The molecule has 1 rings (SSSR count). The average Bonchev–Trinajstić information content (AvgIpc) is 2.36. The molecule has 0 aliphatic rings. The summed E-state index contributed by atoms with van der Waals surface area (Å²) in [5.74, 6) is 0.760. The Kier molecular flexibility index (Phi) is 4.81. The number of rotatable bonds is 6. The molecule has 5 nitrogen and oxygen atoms in total. The van der Waals surface area contributed by atoms with Crippen molar-refractivity contribution in [2.24, 2.45) is 0 Å². The number of hydrogen-bond acceptors (Lipinski definition) is 4. The lowest BCUT2D eigenvalue weighted by atomic mass is 10.0. The monoisotopic (exact) mass is 287 g/mol. The van der Waals surface area contributed by atoms with Crippen molar-refractivity contribution >= 4 is 10.0 Å². The Morgan fingerprint density at radius 3 is 2.32 bits per heavy atom. The molecule has 1 aromatic rings. The highest BCUT2D eigenvalue weighted by Gasteiger charge is 2.27. The first-order chi connectivity index (χ1) is 8.75. The number of sulfonamides is 1. The van der Waals surface area contributed by atoms with Gasteiger partial charge in [-0.25, -0.2) is 13.1 Å². The van der Waals surface area contributed by atoms with Crippen LogP contribution in [0.4, 0.5) is 0 Å². The summed E-state index contributed by atoms with van der Waals surface area (Å²) in [6.45, 7) is 5.58. The van der Waals surface area contributed by atoms with Gasteiger partial charge in [-0.3, -0.25) is 0 Å². The fraction of sp³-hybridized carbons (Fsp3) is 0.538. The molecule has 1 aromatic carbocycles. The van der Waals surface area contributed by atoms with E-state index in [1.54, 1.807) is 12.1 Å². The van der Waals surface area contributed by atoms with Crippen LogP contribution in [0.1, 0.15) is 27.2 Å². The Labute approximate surface area is 115 Å². The molecule has 0 bridgehead atoms. The van der Waals surface area contributed by atoms with Gasteiger partial charge in [0.15, 0.2) is 0 Å². The van der Waals surface area contributed by atoms with Crippen LogP contribution in [0.15, 0.2) is 23.1 Å². The van der Waals surface area contributed by atoms with Crippen molar-refractivity contribution in [1.29, 1.82) is 0 Å². The van der Waals surface area contributed by atoms with Crippen LogP contribution in [0.2, 0.25) is 0 Å². The summed E-state index contributed by atoms with van der Waals surface area (Å²) >= 11 is 0. The van der Waals surface area contributed by atoms with Gasteiger partial charge in [-0.1, -0.05) is 6.92 Å². The first kappa shape index (κ1) is 15.8. The van der Waals surface area contributed by atoms with E-state index in [0.29, 0.717) is 17.9 Å². The molecule has 0 saturated carbocycles. The van der Waals surface area contributed by atoms with Crippen molar-refractivity contribution in [2.45, 2.75) is 37.6 Å². The van der Waals surface area contributed by atoms with Gasteiger partial charge < -0.3 is 9.47 Å². The fourth-order valence-electron chi connectivity index (χ4n) is 1.48. The van der Waals surface area contributed by atoms with Crippen LogP contribution >= 0.6 is 0 Å². The highest BCUT2D eigenvalue weighted by molar-refractivity contribution is 7.89. The van der Waals surface area contributed by atoms with Crippen LogP contribution in [0.5, 0.6) is 11.5 Å². The predicted octanol–water partition coefficient (Wildman–Crippen LogP) is 2.17. The average molecular weight is 287 g/mol. The molecule has 108 valence electrons. The van der Waals surface area contributed by atoms with Gasteiger partial charge >= 0.3 is 0 Å². The second-order valence-corrected chi connectivity index (χ2v) is 6.51. The Bertz CT molecular complexity index is 538. The van der Waals surface area contributed by atoms with Crippen molar-refractivity contribution in [3.8, 4) is 11.5 Å². The maximum Gasteiger partial charge on any atom is 0.244 e. The van der Waals surface area contributed by atoms with E-state index in [2.05, 4.69) is 4.72 Å². The molecule has 6 heteroatoms.